The van der Waals surface area contributed by atoms with E-state index in [4.69, 9.17) is 9.47 Å². The summed E-state index contributed by atoms with van der Waals surface area (Å²) >= 11 is 0. The zero-order valence-corrected chi connectivity index (χ0v) is 18.1. The van der Waals surface area contributed by atoms with E-state index in [9.17, 15) is 9.59 Å². The van der Waals surface area contributed by atoms with Gasteiger partial charge in [0.05, 0.1) is 26.3 Å². The van der Waals surface area contributed by atoms with E-state index in [2.05, 4.69) is 11.9 Å². The Morgan fingerprint density at radius 2 is 1.52 bits per heavy atom. The van der Waals surface area contributed by atoms with Gasteiger partial charge in [0.1, 0.15) is 5.70 Å². The summed E-state index contributed by atoms with van der Waals surface area (Å²) in [6.07, 6.45) is 0. The Hall–Kier alpha value is -3.32. The van der Waals surface area contributed by atoms with Gasteiger partial charge in [-0.3, -0.25) is 14.5 Å². The summed E-state index contributed by atoms with van der Waals surface area (Å²) in [5.74, 6) is 0.566. The van der Waals surface area contributed by atoms with Crippen molar-refractivity contribution in [2.45, 2.75) is 6.54 Å². The highest BCUT2D eigenvalue weighted by Gasteiger charge is 2.42. The van der Waals surface area contributed by atoms with Gasteiger partial charge in [-0.2, -0.15) is 0 Å². The number of ether oxygens (including phenoxy) is 2. The summed E-state index contributed by atoms with van der Waals surface area (Å²) in [7, 11) is 5.18. The number of methoxy groups -OCH3 is 2. The van der Waals surface area contributed by atoms with E-state index in [0.29, 0.717) is 41.4 Å². The van der Waals surface area contributed by atoms with E-state index in [1.807, 2.05) is 41.3 Å². The molecule has 0 bridgehead atoms. The second-order valence-electron chi connectivity index (χ2n) is 7.77. The van der Waals surface area contributed by atoms with Gasteiger partial charge in [0, 0.05) is 26.2 Å². The Bertz CT molecular complexity index is 1010. The second kappa shape index (κ2) is 8.81. The quantitative estimate of drug-likeness (QED) is 0.667. The Labute approximate surface area is 182 Å². The molecule has 0 saturated carbocycles. The normalized spacial score (nSPS) is 17.5. The first-order valence-electron chi connectivity index (χ1n) is 10.3. The van der Waals surface area contributed by atoms with Gasteiger partial charge in [-0.25, -0.2) is 0 Å². The summed E-state index contributed by atoms with van der Waals surface area (Å²) in [6.45, 7) is 3.31. The molecule has 2 aromatic carbocycles. The lowest BCUT2D eigenvalue weighted by Gasteiger charge is -2.34. The fraction of sp³-hybridized carbons (Fsp3) is 0.333. The maximum absolute atomic E-state index is 13.5. The third-order valence-corrected chi connectivity index (χ3v) is 5.82. The van der Waals surface area contributed by atoms with E-state index in [1.165, 1.54) is 4.90 Å². The SMILES string of the molecule is COc1ccc(C2=C(N3CCN(C)CC3)C(=O)N(Cc3ccccc3)C2=O)cc1OC. The third-order valence-electron chi connectivity index (χ3n) is 5.82. The average molecular weight is 421 g/mol. The minimum Gasteiger partial charge on any atom is -0.493 e. The van der Waals surface area contributed by atoms with Crippen LogP contribution < -0.4 is 9.47 Å². The average Bonchev–Trinajstić information content (AvgIpc) is 3.04. The Kier molecular flexibility index (Phi) is 5.95. The molecular weight excluding hydrogens is 394 g/mol. The first kappa shape index (κ1) is 20.9. The van der Waals surface area contributed by atoms with Crippen molar-refractivity contribution in [1.82, 2.24) is 14.7 Å². The Morgan fingerprint density at radius 3 is 2.16 bits per heavy atom. The van der Waals surface area contributed by atoms with E-state index in [1.54, 1.807) is 26.4 Å². The molecule has 2 aromatic rings. The van der Waals surface area contributed by atoms with Gasteiger partial charge in [-0.1, -0.05) is 36.4 Å². The molecule has 2 heterocycles. The summed E-state index contributed by atoms with van der Waals surface area (Å²) in [4.78, 5) is 32.6. The highest BCUT2D eigenvalue weighted by Crippen LogP contribution is 2.37. The molecule has 1 saturated heterocycles. The molecule has 0 aromatic heterocycles. The van der Waals surface area contributed by atoms with Crippen molar-refractivity contribution in [1.29, 1.82) is 0 Å². The van der Waals surface area contributed by atoms with Crippen LogP contribution in [0.15, 0.2) is 54.2 Å². The van der Waals surface area contributed by atoms with Gasteiger partial charge >= 0.3 is 0 Å². The monoisotopic (exact) mass is 421 g/mol. The minimum atomic E-state index is -0.282. The largest absolute Gasteiger partial charge is 0.493 e. The van der Waals surface area contributed by atoms with Crippen molar-refractivity contribution < 1.29 is 19.1 Å². The second-order valence-corrected chi connectivity index (χ2v) is 7.77. The van der Waals surface area contributed by atoms with Crippen LogP contribution in [0.2, 0.25) is 0 Å². The smallest absolute Gasteiger partial charge is 0.278 e. The van der Waals surface area contributed by atoms with Gasteiger partial charge in [-0.05, 0) is 30.3 Å². The number of benzene rings is 2. The molecule has 0 N–H and O–H groups in total. The van der Waals surface area contributed by atoms with Gasteiger partial charge in [0.15, 0.2) is 11.5 Å². The molecule has 0 atom stereocenters. The van der Waals surface area contributed by atoms with Crippen molar-refractivity contribution >= 4 is 17.4 Å². The lowest BCUT2D eigenvalue weighted by atomic mass is 10.0. The zero-order chi connectivity index (χ0) is 22.0. The molecular formula is C24H27N3O4. The zero-order valence-electron chi connectivity index (χ0n) is 18.1. The molecule has 2 amide bonds. The number of amides is 2. The van der Waals surface area contributed by atoms with Crippen LogP contribution in [0, 0.1) is 0 Å². The number of nitrogens with zero attached hydrogens (tertiary/aromatic N) is 3. The predicted molar refractivity (Wildman–Crippen MR) is 118 cm³/mol. The molecule has 7 nitrogen and oxygen atoms in total. The van der Waals surface area contributed by atoms with Crippen molar-refractivity contribution in [2.75, 3.05) is 47.4 Å². The number of hydrogen-bond acceptors (Lipinski definition) is 6. The highest BCUT2D eigenvalue weighted by molar-refractivity contribution is 6.35. The van der Waals surface area contributed by atoms with E-state index in [-0.39, 0.29) is 18.4 Å². The van der Waals surface area contributed by atoms with Crippen LogP contribution in [0.4, 0.5) is 0 Å². The molecule has 7 heteroatoms. The third kappa shape index (κ3) is 4.01. The van der Waals surface area contributed by atoms with Crippen molar-refractivity contribution in [3.63, 3.8) is 0 Å². The molecule has 2 aliphatic rings. The van der Waals surface area contributed by atoms with Gasteiger partial charge in [0.2, 0.25) is 0 Å². The molecule has 0 unspecified atom stereocenters. The highest BCUT2D eigenvalue weighted by atomic mass is 16.5. The van der Waals surface area contributed by atoms with Crippen molar-refractivity contribution in [3.8, 4) is 11.5 Å². The molecule has 1 fully saturated rings. The first-order valence-corrected chi connectivity index (χ1v) is 10.3. The summed E-state index contributed by atoms with van der Waals surface area (Å²) < 4.78 is 10.8. The number of carbonyl (C=O) groups excluding carboxylic acids is 2. The number of carbonyl (C=O) groups is 2. The first-order chi connectivity index (χ1) is 15.0. The number of imide groups is 1. The van der Waals surface area contributed by atoms with Crippen molar-refractivity contribution in [2.24, 2.45) is 0 Å². The van der Waals surface area contributed by atoms with E-state index in [0.717, 1.165) is 18.7 Å². The van der Waals surface area contributed by atoms with E-state index >= 15 is 0 Å². The van der Waals surface area contributed by atoms with Gasteiger partial charge in [-0.15, -0.1) is 0 Å². The minimum absolute atomic E-state index is 0.243. The molecule has 162 valence electrons. The lowest BCUT2D eigenvalue weighted by molar-refractivity contribution is -0.138. The number of piperazine rings is 1. The molecule has 2 aliphatic heterocycles. The maximum atomic E-state index is 13.5. The number of rotatable bonds is 6. The van der Waals surface area contributed by atoms with Crippen LogP contribution in [0.1, 0.15) is 11.1 Å². The summed E-state index contributed by atoms with van der Waals surface area (Å²) in [5.41, 5.74) is 2.46. The Morgan fingerprint density at radius 1 is 0.839 bits per heavy atom. The van der Waals surface area contributed by atoms with Crippen LogP contribution in [-0.2, 0) is 16.1 Å². The van der Waals surface area contributed by atoms with Gasteiger partial charge in [0.25, 0.3) is 11.8 Å². The standard InChI is InChI=1S/C24H27N3O4/c1-25-11-13-26(14-12-25)22-21(18-9-10-19(30-2)20(15-18)31-3)23(28)27(24(22)29)16-17-7-5-4-6-8-17/h4-10,15H,11-14,16H2,1-3H3. The topological polar surface area (TPSA) is 62.3 Å². The molecule has 0 aliphatic carbocycles. The summed E-state index contributed by atoms with van der Waals surface area (Å²) in [6, 6.07) is 14.9. The molecule has 0 radical (unpaired) electrons. The lowest BCUT2D eigenvalue weighted by Crippen LogP contribution is -2.46. The van der Waals surface area contributed by atoms with E-state index < -0.39 is 0 Å². The van der Waals surface area contributed by atoms with Crippen LogP contribution in [0.25, 0.3) is 5.57 Å². The summed E-state index contributed by atoms with van der Waals surface area (Å²) in [5, 5.41) is 0. The van der Waals surface area contributed by atoms with Crippen molar-refractivity contribution in [3.05, 3.63) is 65.4 Å². The van der Waals surface area contributed by atoms with Crippen LogP contribution in [0.3, 0.4) is 0 Å². The predicted octanol–water partition coefficient (Wildman–Crippen LogP) is 2.23. The fourth-order valence-electron chi connectivity index (χ4n) is 4.05. The number of likely N-dealkylation sites (N-methyl/N-ethyl adjacent to an activating group) is 1. The van der Waals surface area contributed by atoms with Crippen LogP contribution >= 0.6 is 0 Å². The maximum Gasteiger partial charge on any atom is 0.278 e. The Balaban J connectivity index is 1.76. The number of hydrogen-bond donors (Lipinski definition) is 0. The molecule has 0 spiro atoms. The van der Waals surface area contributed by atoms with Gasteiger partial charge < -0.3 is 19.3 Å². The molecule has 4 rings (SSSR count). The molecule has 31 heavy (non-hydrogen) atoms. The fourth-order valence-corrected chi connectivity index (χ4v) is 4.05. The van der Waals surface area contributed by atoms with Crippen LogP contribution in [0.5, 0.6) is 11.5 Å². The van der Waals surface area contributed by atoms with Crippen LogP contribution in [-0.4, -0.2) is 74.0 Å².